The second-order valence-corrected chi connectivity index (χ2v) is 7.03. The fourth-order valence-electron chi connectivity index (χ4n) is 2.77. The predicted molar refractivity (Wildman–Crippen MR) is 77.3 cm³/mol. The van der Waals surface area contributed by atoms with Crippen LogP contribution in [0.3, 0.4) is 0 Å². The van der Waals surface area contributed by atoms with Crippen molar-refractivity contribution in [3.63, 3.8) is 0 Å². The van der Waals surface area contributed by atoms with E-state index in [2.05, 4.69) is 42.8 Å². The zero-order chi connectivity index (χ0) is 16.5. The summed E-state index contributed by atoms with van der Waals surface area (Å²) in [7, 11) is 0. The van der Waals surface area contributed by atoms with E-state index in [1.54, 1.807) is 0 Å². The Labute approximate surface area is 127 Å². The first-order valence-corrected chi connectivity index (χ1v) is 7.33. The van der Waals surface area contributed by atoms with Crippen LogP contribution in [0.5, 0.6) is 0 Å². The van der Waals surface area contributed by atoms with Gasteiger partial charge in [-0.15, -0.1) is 0 Å². The number of alkyl halides is 3. The van der Waals surface area contributed by atoms with Crippen LogP contribution < -0.4 is 0 Å². The smallest absolute Gasteiger partial charge is 0.206 e. The van der Waals surface area contributed by atoms with Crippen molar-refractivity contribution in [1.82, 2.24) is 19.6 Å². The fourth-order valence-corrected chi connectivity index (χ4v) is 2.77. The maximum Gasteiger partial charge on any atom is 0.433 e. The van der Waals surface area contributed by atoms with Crippen LogP contribution in [-0.2, 0) is 12.6 Å². The minimum atomic E-state index is -4.48. The summed E-state index contributed by atoms with van der Waals surface area (Å²) < 4.78 is 40.8. The van der Waals surface area contributed by atoms with E-state index in [-0.39, 0.29) is 16.8 Å². The van der Waals surface area contributed by atoms with Crippen molar-refractivity contribution in [1.29, 1.82) is 0 Å². The summed E-state index contributed by atoms with van der Waals surface area (Å²) in [5.41, 5.74) is -0.511. The van der Waals surface area contributed by atoms with Crippen molar-refractivity contribution in [3.8, 4) is 0 Å². The van der Waals surface area contributed by atoms with Gasteiger partial charge >= 0.3 is 6.18 Å². The normalized spacial score (nSPS) is 14.5. The minimum absolute atomic E-state index is 0.0289. The van der Waals surface area contributed by atoms with Gasteiger partial charge in [0.2, 0.25) is 0 Å². The second kappa shape index (κ2) is 5.85. The van der Waals surface area contributed by atoms with Crippen molar-refractivity contribution >= 4 is 5.78 Å². The molecule has 22 heavy (non-hydrogen) atoms. The Balaban J connectivity index is 2.22. The number of fused-ring (bicyclic) bond motifs is 1. The summed E-state index contributed by atoms with van der Waals surface area (Å²) in [6, 6.07) is 0. The molecule has 4 nitrogen and oxygen atoms in total. The van der Waals surface area contributed by atoms with E-state index in [1.807, 2.05) is 0 Å². The van der Waals surface area contributed by atoms with E-state index in [0.717, 1.165) is 6.42 Å². The van der Waals surface area contributed by atoms with Crippen molar-refractivity contribution in [3.05, 3.63) is 23.8 Å². The highest BCUT2D eigenvalue weighted by Gasteiger charge is 2.36. The topological polar surface area (TPSA) is 43.1 Å². The van der Waals surface area contributed by atoms with Gasteiger partial charge in [-0.05, 0) is 30.6 Å². The van der Waals surface area contributed by atoms with Crippen molar-refractivity contribution < 1.29 is 13.2 Å². The Morgan fingerprint density at radius 3 is 2.50 bits per heavy atom. The Morgan fingerprint density at radius 1 is 1.23 bits per heavy atom. The lowest BCUT2D eigenvalue weighted by Gasteiger charge is -2.23. The second-order valence-electron chi connectivity index (χ2n) is 7.03. The molecular formula is C15H21F3N4. The molecule has 0 saturated carbocycles. The lowest BCUT2D eigenvalue weighted by Crippen LogP contribution is -2.16. The standard InChI is InChI=1S/C15H21F3N4/c1-10(7-14(2,3)4)5-6-11-8-22-13(19-9-20-22)21-12(11)15(16,17)18/h8-10H,5-7H2,1-4H3. The van der Waals surface area contributed by atoms with Gasteiger partial charge in [-0.1, -0.05) is 27.7 Å². The molecule has 0 amide bonds. The van der Waals surface area contributed by atoms with Crippen LogP contribution in [0.2, 0.25) is 0 Å². The third kappa shape index (κ3) is 4.18. The number of hydrogen-bond acceptors (Lipinski definition) is 3. The number of rotatable bonds is 4. The molecule has 0 bridgehead atoms. The van der Waals surface area contributed by atoms with Crippen LogP contribution in [0.25, 0.3) is 5.78 Å². The van der Waals surface area contributed by atoms with Gasteiger partial charge in [0.05, 0.1) is 0 Å². The SMILES string of the molecule is CC(CCc1cn2ncnc2nc1C(F)(F)F)CC(C)(C)C. The summed E-state index contributed by atoms with van der Waals surface area (Å²) in [5, 5.41) is 3.86. The van der Waals surface area contributed by atoms with E-state index in [1.165, 1.54) is 17.0 Å². The molecule has 0 saturated heterocycles. The molecule has 1 unspecified atom stereocenters. The van der Waals surface area contributed by atoms with E-state index in [9.17, 15) is 13.2 Å². The Kier molecular flexibility index (Phi) is 4.44. The zero-order valence-corrected chi connectivity index (χ0v) is 13.3. The molecule has 2 rings (SSSR count). The molecule has 7 heteroatoms. The molecular weight excluding hydrogens is 293 g/mol. The molecule has 0 aliphatic rings. The number of aromatic nitrogens is 4. The summed E-state index contributed by atoms with van der Waals surface area (Å²) in [5.74, 6) is 0.311. The molecule has 0 aliphatic carbocycles. The number of aryl methyl sites for hydroxylation is 1. The Hall–Kier alpha value is -1.66. The molecule has 2 aromatic rings. The summed E-state index contributed by atoms with van der Waals surface area (Å²) in [4.78, 5) is 7.34. The van der Waals surface area contributed by atoms with Gasteiger partial charge in [-0.2, -0.15) is 23.3 Å². The fraction of sp³-hybridized carbons (Fsp3) is 0.667. The van der Waals surface area contributed by atoms with Crippen molar-refractivity contribution in [2.45, 2.75) is 53.1 Å². The van der Waals surface area contributed by atoms with E-state index >= 15 is 0 Å². The molecule has 1 atom stereocenters. The largest absolute Gasteiger partial charge is 0.433 e. The summed E-state index contributed by atoms with van der Waals surface area (Å²) in [6.07, 6.45) is 0.0945. The molecule has 0 spiro atoms. The third-order valence-corrected chi connectivity index (χ3v) is 3.48. The number of halogens is 3. The van der Waals surface area contributed by atoms with Gasteiger partial charge in [0.25, 0.3) is 5.78 Å². The minimum Gasteiger partial charge on any atom is -0.206 e. The first-order chi connectivity index (χ1) is 10.1. The predicted octanol–water partition coefficient (Wildman–Crippen LogP) is 4.15. The van der Waals surface area contributed by atoms with E-state index in [0.29, 0.717) is 18.8 Å². The number of nitrogens with zero attached hydrogens (tertiary/aromatic N) is 4. The maximum atomic E-state index is 13.2. The zero-order valence-electron chi connectivity index (χ0n) is 13.3. The first-order valence-electron chi connectivity index (χ1n) is 7.33. The first kappa shape index (κ1) is 16.7. The van der Waals surface area contributed by atoms with Gasteiger partial charge in [-0.25, -0.2) is 9.50 Å². The molecule has 2 aromatic heterocycles. The highest BCUT2D eigenvalue weighted by molar-refractivity contribution is 5.32. The molecule has 122 valence electrons. The monoisotopic (exact) mass is 314 g/mol. The van der Waals surface area contributed by atoms with Gasteiger partial charge in [-0.3, -0.25) is 0 Å². The van der Waals surface area contributed by atoms with Crippen molar-refractivity contribution in [2.24, 2.45) is 11.3 Å². The van der Waals surface area contributed by atoms with Crippen LogP contribution in [0.1, 0.15) is 51.8 Å². The third-order valence-electron chi connectivity index (χ3n) is 3.48. The van der Waals surface area contributed by atoms with Crippen LogP contribution in [-0.4, -0.2) is 19.6 Å². The highest BCUT2D eigenvalue weighted by atomic mass is 19.4. The van der Waals surface area contributed by atoms with Crippen LogP contribution in [0, 0.1) is 11.3 Å². The molecule has 0 aromatic carbocycles. The van der Waals surface area contributed by atoms with Crippen LogP contribution in [0.4, 0.5) is 13.2 Å². The molecule has 2 heterocycles. The van der Waals surface area contributed by atoms with Gasteiger partial charge in [0.1, 0.15) is 6.33 Å². The van der Waals surface area contributed by atoms with Crippen molar-refractivity contribution in [2.75, 3.05) is 0 Å². The summed E-state index contributed by atoms with van der Waals surface area (Å²) in [6.45, 7) is 8.47. The van der Waals surface area contributed by atoms with Gasteiger partial charge in [0, 0.05) is 11.8 Å². The highest BCUT2D eigenvalue weighted by Crippen LogP contribution is 2.32. The Bertz CT molecular complexity index is 640. The molecule has 0 N–H and O–H groups in total. The van der Waals surface area contributed by atoms with Gasteiger partial charge in [0.15, 0.2) is 5.69 Å². The van der Waals surface area contributed by atoms with Gasteiger partial charge < -0.3 is 0 Å². The maximum absolute atomic E-state index is 13.2. The lowest BCUT2D eigenvalue weighted by atomic mass is 9.83. The average Bonchev–Trinajstić information content (AvgIpc) is 2.79. The molecule has 0 radical (unpaired) electrons. The molecule has 0 fully saturated rings. The van der Waals surface area contributed by atoms with E-state index in [4.69, 9.17) is 0 Å². The quantitative estimate of drug-likeness (QED) is 0.851. The number of hydrogen-bond donors (Lipinski definition) is 0. The average molecular weight is 314 g/mol. The summed E-state index contributed by atoms with van der Waals surface area (Å²) >= 11 is 0. The van der Waals surface area contributed by atoms with Crippen LogP contribution in [0.15, 0.2) is 12.5 Å². The van der Waals surface area contributed by atoms with E-state index < -0.39 is 11.9 Å². The Morgan fingerprint density at radius 2 is 1.91 bits per heavy atom. The van der Waals surface area contributed by atoms with Crippen LogP contribution >= 0.6 is 0 Å². The lowest BCUT2D eigenvalue weighted by molar-refractivity contribution is -0.141. The molecule has 0 aliphatic heterocycles.